The van der Waals surface area contributed by atoms with Gasteiger partial charge in [-0.1, -0.05) is 6.92 Å². The van der Waals surface area contributed by atoms with Crippen LogP contribution in [0, 0.1) is 0 Å². The fourth-order valence-electron chi connectivity index (χ4n) is 1.77. The number of hydrogen-bond acceptors (Lipinski definition) is 3. The molecule has 0 fully saturated rings. The first-order valence-corrected chi connectivity index (χ1v) is 5.54. The molecular weight excluding hydrogens is 202 g/mol. The lowest BCUT2D eigenvalue weighted by Gasteiger charge is -2.17. The van der Waals surface area contributed by atoms with Gasteiger partial charge < -0.3 is 14.3 Å². The second-order valence-electron chi connectivity index (χ2n) is 3.87. The molecule has 2 aromatic heterocycles. The van der Waals surface area contributed by atoms with Crippen LogP contribution in [0.15, 0.2) is 35.5 Å². The fraction of sp³-hybridized carbons (Fsp3) is 0.417. The van der Waals surface area contributed by atoms with Crippen molar-refractivity contribution < 1.29 is 4.42 Å². The molecule has 0 aliphatic carbocycles. The van der Waals surface area contributed by atoms with Crippen LogP contribution in [0.4, 0.5) is 0 Å². The van der Waals surface area contributed by atoms with E-state index in [-0.39, 0.29) is 6.04 Å². The highest BCUT2D eigenvalue weighted by atomic mass is 16.3. The summed E-state index contributed by atoms with van der Waals surface area (Å²) in [5.41, 5.74) is 2.28. The summed E-state index contributed by atoms with van der Waals surface area (Å²) in [5.74, 6) is 0. The number of furan rings is 1. The number of nitrogens with one attached hydrogen (secondary N) is 1. The molecule has 0 aliphatic heterocycles. The van der Waals surface area contributed by atoms with Crippen LogP contribution < -0.4 is 5.32 Å². The Balaban J connectivity index is 2.25. The van der Waals surface area contributed by atoms with Gasteiger partial charge in [-0.2, -0.15) is 0 Å². The predicted molar refractivity (Wildman–Crippen MR) is 62.1 cm³/mol. The van der Waals surface area contributed by atoms with E-state index in [9.17, 15) is 0 Å². The Morgan fingerprint density at radius 1 is 1.56 bits per heavy atom. The van der Waals surface area contributed by atoms with Gasteiger partial charge in [-0.15, -0.1) is 0 Å². The molecule has 0 amide bonds. The first-order valence-electron chi connectivity index (χ1n) is 5.54. The van der Waals surface area contributed by atoms with Gasteiger partial charge in [0.1, 0.15) is 0 Å². The average molecular weight is 219 g/mol. The number of imidazole rings is 1. The number of aromatic nitrogens is 2. The maximum absolute atomic E-state index is 5.14. The maximum atomic E-state index is 5.14. The lowest BCUT2D eigenvalue weighted by molar-refractivity contribution is 0.538. The third kappa shape index (κ3) is 2.17. The summed E-state index contributed by atoms with van der Waals surface area (Å²) in [4.78, 5) is 4.15. The van der Waals surface area contributed by atoms with Crippen molar-refractivity contribution in [1.82, 2.24) is 14.9 Å². The van der Waals surface area contributed by atoms with E-state index in [2.05, 4.69) is 17.2 Å². The van der Waals surface area contributed by atoms with Crippen LogP contribution in [-0.4, -0.2) is 16.1 Å². The summed E-state index contributed by atoms with van der Waals surface area (Å²) in [6.07, 6.45) is 8.29. The summed E-state index contributed by atoms with van der Waals surface area (Å²) in [5, 5.41) is 3.49. The van der Waals surface area contributed by atoms with Crippen molar-refractivity contribution in [1.29, 1.82) is 0 Å². The van der Waals surface area contributed by atoms with E-state index in [1.807, 2.05) is 30.2 Å². The molecule has 0 aliphatic rings. The molecule has 0 radical (unpaired) electrons. The SMILES string of the molecule is CCCNC(c1ccoc1)c1cncn1C. The second kappa shape index (κ2) is 4.99. The highest BCUT2D eigenvalue weighted by Crippen LogP contribution is 2.21. The van der Waals surface area contributed by atoms with E-state index >= 15 is 0 Å². The summed E-state index contributed by atoms with van der Waals surface area (Å²) in [6, 6.07) is 2.14. The van der Waals surface area contributed by atoms with Crippen molar-refractivity contribution in [2.75, 3.05) is 6.54 Å². The highest BCUT2D eigenvalue weighted by molar-refractivity contribution is 5.23. The standard InChI is InChI=1S/C12H17N3O/c1-3-5-14-12(10-4-6-16-8-10)11-7-13-9-15(11)2/h4,6-9,12,14H,3,5H2,1-2H3. The molecule has 4 nitrogen and oxygen atoms in total. The Bertz CT molecular complexity index is 419. The van der Waals surface area contributed by atoms with Crippen molar-refractivity contribution in [3.05, 3.63) is 42.4 Å². The van der Waals surface area contributed by atoms with Crippen molar-refractivity contribution in [3.63, 3.8) is 0 Å². The Morgan fingerprint density at radius 2 is 2.44 bits per heavy atom. The van der Waals surface area contributed by atoms with E-state index in [0.29, 0.717) is 0 Å². The van der Waals surface area contributed by atoms with E-state index < -0.39 is 0 Å². The molecule has 0 bridgehead atoms. The van der Waals surface area contributed by atoms with Gasteiger partial charge in [-0.25, -0.2) is 4.98 Å². The van der Waals surface area contributed by atoms with E-state index in [1.165, 1.54) is 0 Å². The molecule has 0 spiro atoms. The summed E-state index contributed by atoms with van der Waals surface area (Å²) in [7, 11) is 2.00. The summed E-state index contributed by atoms with van der Waals surface area (Å²) >= 11 is 0. The minimum Gasteiger partial charge on any atom is -0.472 e. The Labute approximate surface area is 95.3 Å². The van der Waals surface area contributed by atoms with Gasteiger partial charge in [0, 0.05) is 12.6 Å². The van der Waals surface area contributed by atoms with Crippen LogP contribution in [0.3, 0.4) is 0 Å². The first-order chi connectivity index (χ1) is 7.83. The maximum Gasteiger partial charge on any atom is 0.0954 e. The highest BCUT2D eigenvalue weighted by Gasteiger charge is 2.17. The molecule has 1 atom stereocenters. The van der Waals surface area contributed by atoms with Gasteiger partial charge in [-0.05, 0) is 19.0 Å². The van der Waals surface area contributed by atoms with Crippen molar-refractivity contribution in [2.24, 2.45) is 7.05 Å². The van der Waals surface area contributed by atoms with Crippen LogP contribution in [0.1, 0.15) is 30.6 Å². The summed E-state index contributed by atoms with van der Waals surface area (Å²) < 4.78 is 7.17. The monoisotopic (exact) mass is 219 g/mol. The predicted octanol–water partition coefficient (Wildman–Crippen LogP) is 2.10. The Morgan fingerprint density at radius 3 is 3.00 bits per heavy atom. The molecule has 16 heavy (non-hydrogen) atoms. The minimum absolute atomic E-state index is 0.159. The zero-order valence-electron chi connectivity index (χ0n) is 9.68. The van der Waals surface area contributed by atoms with E-state index in [1.54, 1.807) is 12.5 Å². The molecule has 0 saturated heterocycles. The largest absolute Gasteiger partial charge is 0.472 e. The Kier molecular flexibility index (Phi) is 3.41. The van der Waals surface area contributed by atoms with Crippen molar-refractivity contribution in [3.8, 4) is 0 Å². The Hall–Kier alpha value is -1.55. The van der Waals surface area contributed by atoms with Gasteiger partial charge in [0.2, 0.25) is 0 Å². The lowest BCUT2D eigenvalue weighted by atomic mass is 10.1. The van der Waals surface area contributed by atoms with Crippen LogP contribution >= 0.6 is 0 Å². The smallest absolute Gasteiger partial charge is 0.0954 e. The van der Waals surface area contributed by atoms with Crippen LogP contribution in [-0.2, 0) is 7.05 Å². The van der Waals surface area contributed by atoms with Crippen LogP contribution in [0.25, 0.3) is 0 Å². The van der Waals surface area contributed by atoms with Gasteiger partial charge in [-0.3, -0.25) is 0 Å². The number of rotatable bonds is 5. The van der Waals surface area contributed by atoms with Crippen LogP contribution in [0.2, 0.25) is 0 Å². The molecule has 2 aromatic rings. The molecular formula is C12H17N3O. The zero-order valence-corrected chi connectivity index (χ0v) is 9.68. The molecule has 0 saturated carbocycles. The third-order valence-electron chi connectivity index (χ3n) is 2.62. The quantitative estimate of drug-likeness (QED) is 0.837. The van der Waals surface area contributed by atoms with Gasteiger partial charge >= 0.3 is 0 Å². The summed E-state index contributed by atoms with van der Waals surface area (Å²) in [6.45, 7) is 3.13. The first kappa shape index (κ1) is 11.0. The fourth-order valence-corrected chi connectivity index (χ4v) is 1.77. The van der Waals surface area contributed by atoms with Crippen LogP contribution in [0.5, 0.6) is 0 Å². The minimum atomic E-state index is 0.159. The van der Waals surface area contributed by atoms with E-state index in [4.69, 9.17) is 4.42 Å². The van der Waals surface area contributed by atoms with Gasteiger partial charge in [0.15, 0.2) is 0 Å². The third-order valence-corrected chi connectivity index (χ3v) is 2.62. The topological polar surface area (TPSA) is 43.0 Å². The number of aryl methyl sites for hydroxylation is 1. The molecule has 2 heterocycles. The van der Waals surface area contributed by atoms with Crippen molar-refractivity contribution >= 4 is 0 Å². The van der Waals surface area contributed by atoms with Gasteiger partial charge in [0.25, 0.3) is 0 Å². The molecule has 0 aromatic carbocycles. The molecule has 2 rings (SSSR count). The van der Waals surface area contributed by atoms with Crippen molar-refractivity contribution in [2.45, 2.75) is 19.4 Å². The van der Waals surface area contributed by atoms with Gasteiger partial charge in [0.05, 0.1) is 36.8 Å². The second-order valence-corrected chi connectivity index (χ2v) is 3.87. The average Bonchev–Trinajstić information content (AvgIpc) is 2.91. The number of hydrogen-bond donors (Lipinski definition) is 1. The lowest BCUT2D eigenvalue weighted by Crippen LogP contribution is -2.24. The molecule has 1 unspecified atom stereocenters. The van der Waals surface area contributed by atoms with E-state index in [0.717, 1.165) is 24.2 Å². The molecule has 86 valence electrons. The number of nitrogens with zero attached hydrogens (tertiary/aromatic N) is 2. The zero-order chi connectivity index (χ0) is 11.4. The molecule has 1 N–H and O–H groups in total. The normalized spacial score (nSPS) is 12.9. The molecule has 4 heteroatoms.